The molecule has 0 radical (unpaired) electrons. The van der Waals surface area contributed by atoms with Gasteiger partial charge in [-0.3, -0.25) is 0 Å². The van der Waals surface area contributed by atoms with E-state index in [0.717, 1.165) is 17.1 Å². The monoisotopic (exact) mass is 199 g/mol. The van der Waals surface area contributed by atoms with Crippen molar-refractivity contribution < 1.29 is 5.11 Å². The summed E-state index contributed by atoms with van der Waals surface area (Å²) in [4.78, 5) is 4.33. The van der Waals surface area contributed by atoms with Gasteiger partial charge in [0.25, 0.3) is 0 Å². The maximum atomic E-state index is 9.75. The Morgan fingerprint density at radius 3 is 2.77 bits per heavy atom. The van der Waals surface area contributed by atoms with Crippen LogP contribution in [0.4, 0.5) is 0 Å². The second-order valence-electron chi connectivity index (χ2n) is 3.51. The lowest BCUT2D eigenvalue weighted by Crippen LogP contribution is -2.19. The highest BCUT2D eigenvalue weighted by Crippen LogP contribution is 2.15. The van der Waals surface area contributed by atoms with Crippen LogP contribution in [-0.4, -0.2) is 16.2 Å². The van der Waals surface area contributed by atoms with Crippen molar-refractivity contribution in [2.75, 3.05) is 0 Å². The van der Waals surface area contributed by atoms with Crippen molar-refractivity contribution in [3.8, 4) is 0 Å². The Bertz CT molecular complexity index is 259. The van der Waals surface area contributed by atoms with Crippen LogP contribution in [0.1, 0.15) is 31.0 Å². The zero-order chi connectivity index (χ0) is 9.84. The Labute approximate surface area is 83.6 Å². The van der Waals surface area contributed by atoms with Crippen molar-refractivity contribution in [2.45, 2.75) is 39.7 Å². The number of aliphatic hydroxyl groups excluding tert-OH is 1. The van der Waals surface area contributed by atoms with Gasteiger partial charge in [-0.15, -0.1) is 11.3 Å². The molecule has 0 aliphatic carbocycles. The highest BCUT2D eigenvalue weighted by Gasteiger charge is 2.13. The smallest absolute Gasteiger partial charge is 0.0897 e. The molecule has 0 aromatic carbocycles. The Morgan fingerprint density at radius 2 is 2.31 bits per heavy atom. The van der Waals surface area contributed by atoms with E-state index in [9.17, 15) is 5.11 Å². The third-order valence-electron chi connectivity index (χ3n) is 2.39. The minimum absolute atomic E-state index is 0.244. The summed E-state index contributed by atoms with van der Waals surface area (Å²) in [7, 11) is 0. The molecule has 74 valence electrons. The van der Waals surface area contributed by atoms with Crippen molar-refractivity contribution in [1.29, 1.82) is 0 Å². The van der Waals surface area contributed by atoms with Crippen LogP contribution in [0.2, 0.25) is 0 Å². The summed E-state index contributed by atoms with van der Waals surface area (Å²) < 4.78 is 0. The molecule has 1 rings (SSSR count). The van der Waals surface area contributed by atoms with Crippen LogP contribution in [0, 0.1) is 12.8 Å². The molecule has 1 heterocycles. The van der Waals surface area contributed by atoms with Crippen LogP contribution in [0.3, 0.4) is 0 Å². The van der Waals surface area contributed by atoms with Crippen LogP contribution < -0.4 is 0 Å². The number of hydrogen-bond donors (Lipinski definition) is 1. The number of thiazole rings is 1. The topological polar surface area (TPSA) is 33.1 Å². The minimum atomic E-state index is -0.244. The van der Waals surface area contributed by atoms with E-state index in [1.807, 2.05) is 12.3 Å². The van der Waals surface area contributed by atoms with Gasteiger partial charge in [0.15, 0.2) is 0 Å². The Hall–Kier alpha value is -0.410. The van der Waals surface area contributed by atoms with Gasteiger partial charge in [0.05, 0.1) is 16.8 Å². The van der Waals surface area contributed by atoms with Crippen LogP contribution in [0.5, 0.6) is 0 Å². The fourth-order valence-electron chi connectivity index (χ4n) is 1.19. The van der Waals surface area contributed by atoms with Crippen LogP contribution in [0.25, 0.3) is 0 Å². The van der Waals surface area contributed by atoms with Crippen molar-refractivity contribution in [2.24, 2.45) is 5.92 Å². The van der Waals surface area contributed by atoms with E-state index in [0.29, 0.717) is 12.3 Å². The summed E-state index contributed by atoms with van der Waals surface area (Å²) in [6, 6.07) is 0. The van der Waals surface area contributed by atoms with Crippen molar-refractivity contribution in [3.05, 3.63) is 16.1 Å². The molecule has 0 aliphatic rings. The second-order valence-corrected chi connectivity index (χ2v) is 4.58. The predicted molar refractivity (Wildman–Crippen MR) is 56.0 cm³/mol. The van der Waals surface area contributed by atoms with E-state index in [1.165, 1.54) is 0 Å². The molecular weight excluding hydrogens is 182 g/mol. The molecule has 0 bridgehead atoms. The normalized spacial score (nSPS) is 15.7. The molecule has 2 nitrogen and oxygen atoms in total. The Kier molecular flexibility index (Phi) is 3.88. The third-order valence-corrected chi connectivity index (χ3v) is 3.21. The average Bonchev–Trinajstić information content (AvgIpc) is 2.49. The molecule has 0 spiro atoms. The fraction of sp³-hybridized carbons (Fsp3) is 0.700. The van der Waals surface area contributed by atoms with Crippen LogP contribution in [0.15, 0.2) is 5.38 Å². The molecule has 0 saturated carbocycles. The molecule has 0 fully saturated rings. The molecule has 2 atom stereocenters. The molecule has 1 aromatic heterocycles. The molecule has 3 heteroatoms. The number of nitrogens with zero attached hydrogens (tertiary/aromatic N) is 1. The molecular formula is C10H17NOS. The molecule has 1 aromatic rings. The van der Waals surface area contributed by atoms with Gasteiger partial charge in [-0.1, -0.05) is 20.3 Å². The van der Waals surface area contributed by atoms with Crippen LogP contribution >= 0.6 is 11.3 Å². The highest BCUT2D eigenvalue weighted by molar-refractivity contribution is 7.09. The predicted octanol–water partition coefficient (Wildman–Crippen LogP) is 2.40. The van der Waals surface area contributed by atoms with E-state index in [4.69, 9.17) is 0 Å². The molecule has 1 N–H and O–H groups in total. The summed E-state index contributed by atoms with van der Waals surface area (Å²) in [5, 5.41) is 12.8. The maximum Gasteiger partial charge on any atom is 0.0897 e. The zero-order valence-electron chi connectivity index (χ0n) is 8.45. The molecule has 13 heavy (non-hydrogen) atoms. The largest absolute Gasteiger partial charge is 0.392 e. The average molecular weight is 199 g/mol. The fourth-order valence-corrected chi connectivity index (χ4v) is 1.82. The Morgan fingerprint density at radius 1 is 1.62 bits per heavy atom. The van der Waals surface area contributed by atoms with Crippen molar-refractivity contribution in [1.82, 2.24) is 4.98 Å². The van der Waals surface area contributed by atoms with Gasteiger partial charge in [0.2, 0.25) is 0 Å². The van der Waals surface area contributed by atoms with E-state index in [-0.39, 0.29) is 6.10 Å². The van der Waals surface area contributed by atoms with E-state index >= 15 is 0 Å². The summed E-state index contributed by atoms with van der Waals surface area (Å²) in [6.45, 7) is 6.16. The molecule has 0 saturated heterocycles. The first kappa shape index (κ1) is 10.7. The highest BCUT2D eigenvalue weighted by atomic mass is 32.1. The number of aryl methyl sites for hydroxylation is 1. The molecule has 0 amide bonds. The van der Waals surface area contributed by atoms with E-state index in [2.05, 4.69) is 18.8 Å². The minimum Gasteiger partial charge on any atom is -0.392 e. The number of hydrogen-bond acceptors (Lipinski definition) is 3. The van der Waals surface area contributed by atoms with Gasteiger partial charge in [-0.2, -0.15) is 0 Å². The van der Waals surface area contributed by atoms with Gasteiger partial charge in [-0.05, 0) is 12.8 Å². The van der Waals surface area contributed by atoms with Gasteiger partial charge in [0, 0.05) is 11.8 Å². The second kappa shape index (κ2) is 4.72. The van der Waals surface area contributed by atoms with E-state index < -0.39 is 0 Å². The molecule has 0 aliphatic heterocycles. The van der Waals surface area contributed by atoms with E-state index in [1.54, 1.807) is 11.3 Å². The van der Waals surface area contributed by atoms with Crippen molar-refractivity contribution in [3.63, 3.8) is 0 Å². The van der Waals surface area contributed by atoms with Gasteiger partial charge < -0.3 is 5.11 Å². The number of aromatic nitrogens is 1. The first-order valence-corrected chi connectivity index (χ1v) is 5.60. The standard InChI is InChI=1S/C10H17NOS/c1-4-7(2)10(12)5-9-6-13-8(3)11-9/h6-7,10,12H,4-5H2,1-3H3. The van der Waals surface area contributed by atoms with Gasteiger partial charge >= 0.3 is 0 Å². The number of rotatable bonds is 4. The van der Waals surface area contributed by atoms with Crippen LogP contribution in [-0.2, 0) is 6.42 Å². The van der Waals surface area contributed by atoms with Gasteiger partial charge in [0.1, 0.15) is 0 Å². The lowest BCUT2D eigenvalue weighted by atomic mass is 9.98. The SMILES string of the molecule is CCC(C)C(O)Cc1csc(C)n1. The summed E-state index contributed by atoms with van der Waals surface area (Å²) in [5.74, 6) is 0.363. The molecule has 2 unspecified atom stereocenters. The quantitative estimate of drug-likeness (QED) is 0.807. The maximum absolute atomic E-state index is 9.75. The summed E-state index contributed by atoms with van der Waals surface area (Å²) >= 11 is 1.64. The third kappa shape index (κ3) is 3.08. The Balaban J connectivity index is 2.49. The van der Waals surface area contributed by atoms with Crippen molar-refractivity contribution >= 4 is 11.3 Å². The first-order valence-electron chi connectivity index (χ1n) is 4.72. The summed E-state index contributed by atoms with van der Waals surface area (Å²) in [5.41, 5.74) is 1.02. The summed E-state index contributed by atoms with van der Waals surface area (Å²) in [6.07, 6.45) is 1.47. The zero-order valence-corrected chi connectivity index (χ0v) is 9.27. The lowest BCUT2D eigenvalue weighted by molar-refractivity contribution is 0.114. The first-order chi connectivity index (χ1) is 6.13. The van der Waals surface area contributed by atoms with Gasteiger partial charge in [-0.25, -0.2) is 4.98 Å². The lowest BCUT2D eigenvalue weighted by Gasteiger charge is -2.15. The number of aliphatic hydroxyl groups is 1.